The molecule has 0 spiro atoms. The Morgan fingerprint density at radius 1 is 0.233 bits per heavy atom. The van der Waals surface area contributed by atoms with Gasteiger partial charge >= 0.3 is 0 Å². The molecule has 0 fully saturated rings. The summed E-state index contributed by atoms with van der Waals surface area (Å²) in [7, 11) is 6.93. The maximum Gasteiger partial charge on any atom is 0.0713 e. The third-order valence-corrected chi connectivity index (χ3v) is 11.1. The van der Waals surface area contributed by atoms with Gasteiger partial charge in [-0.2, -0.15) is 0 Å². The largest absolute Gasteiger partial charge is 0.380 e. The predicted octanol–water partition coefficient (Wildman–Crippen LogP) is 13.9. The van der Waals surface area contributed by atoms with Gasteiger partial charge in [0.1, 0.15) is 0 Å². The highest BCUT2D eigenvalue weighted by molar-refractivity contribution is 5.96. The highest BCUT2D eigenvalue weighted by Gasteiger charge is 2.17. The zero-order valence-electron chi connectivity index (χ0n) is 34.8. The summed E-state index contributed by atoms with van der Waals surface area (Å²) < 4.78 is 21.6. The fourth-order valence-electron chi connectivity index (χ4n) is 8.14. The molecule has 298 valence electrons. The molecule has 60 heavy (non-hydrogen) atoms. The van der Waals surface area contributed by atoms with Crippen molar-refractivity contribution in [1.82, 2.24) is 0 Å². The van der Waals surface area contributed by atoms with Crippen LogP contribution in [-0.4, -0.2) is 28.4 Å². The summed E-state index contributed by atoms with van der Waals surface area (Å²) in [6, 6.07) is 66.1. The van der Waals surface area contributed by atoms with Crippen molar-refractivity contribution >= 4 is 0 Å². The van der Waals surface area contributed by atoms with Crippen LogP contribution in [-0.2, 0) is 45.4 Å². The second kappa shape index (κ2) is 19.1. The van der Waals surface area contributed by atoms with Gasteiger partial charge in [0.2, 0.25) is 0 Å². The lowest BCUT2D eigenvalue weighted by atomic mass is 9.86. The third-order valence-electron chi connectivity index (χ3n) is 11.1. The summed E-state index contributed by atoms with van der Waals surface area (Å²) in [6.45, 7) is 2.35. The van der Waals surface area contributed by atoms with Crippen molar-refractivity contribution < 1.29 is 18.9 Å². The molecule has 0 unspecified atom stereocenters. The first-order valence-electron chi connectivity index (χ1n) is 20.4. The van der Waals surface area contributed by atoms with Gasteiger partial charge in [0.05, 0.1) is 26.4 Å². The van der Waals surface area contributed by atoms with Crippen LogP contribution in [0.4, 0.5) is 0 Å². The van der Waals surface area contributed by atoms with E-state index in [9.17, 15) is 0 Å². The molecule has 0 saturated carbocycles. The van der Waals surface area contributed by atoms with Crippen molar-refractivity contribution in [1.29, 1.82) is 0 Å². The standard InChI is InChI=1S/C56H50O4/c1-57-35-39-11-19-45(20-12-39)51-7-5-8-52(46-21-13-40(14-22-46)36-58-2)55(51)49-31-27-43(28-32-49)44-29-33-50(34-30-44)56-53(47-23-15-41(16-24-47)37-59-3)9-6-10-54(56)48-25-17-42(18-26-48)38-60-4/h5-34H,35-38H2,1-4H3. The highest BCUT2D eigenvalue weighted by Crippen LogP contribution is 2.43. The Balaban J connectivity index is 1.17. The average molecular weight is 787 g/mol. The second-order valence-electron chi connectivity index (χ2n) is 15.1. The van der Waals surface area contributed by atoms with Crippen LogP contribution in [0, 0.1) is 0 Å². The quantitative estimate of drug-likeness (QED) is 0.104. The molecule has 8 aromatic carbocycles. The van der Waals surface area contributed by atoms with Crippen LogP contribution >= 0.6 is 0 Å². The number of ether oxygens (including phenoxy) is 4. The molecule has 0 N–H and O–H groups in total. The van der Waals surface area contributed by atoms with Crippen LogP contribution in [0.15, 0.2) is 182 Å². The minimum absolute atomic E-state index is 0.587. The zero-order chi connectivity index (χ0) is 41.3. The van der Waals surface area contributed by atoms with Crippen LogP contribution < -0.4 is 0 Å². The van der Waals surface area contributed by atoms with E-state index < -0.39 is 0 Å². The molecule has 4 heteroatoms. The van der Waals surface area contributed by atoms with Crippen LogP contribution in [0.3, 0.4) is 0 Å². The Hall–Kier alpha value is -6.40. The molecule has 0 atom stereocenters. The lowest BCUT2D eigenvalue weighted by molar-refractivity contribution is 0.185. The van der Waals surface area contributed by atoms with Crippen LogP contribution in [0.25, 0.3) is 77.9 Å². The molecule has 0 amide bonds. The molecule has 0 saturated heterocycles. The van der Waals surface area contributed by atoms with Gasteiger partial charge in [-0.15, -0.1) is 0 Å². The minimum atomic E-state index is 0.587. The Labute approximate surface area is 354 Å². The highest BCUT2D eigenvalue weighted by atomic mass is 16.5. The lowest BCUT2D eigenvalue weighted by Crippen LogP contribution is -1.93. The van der Waals surface area contributed by atoms with E-state index >= 15 is 0 Å². The molecule has 0 radical (unpaired) electrons. The number of hydrogen-bond donors (Lipinski definition) is 0. The van der Waals surface area contributed by atoms with Crippen molar-refractivity contribution in [2.75, 3.05) is 28.4 Å². The molecule has 0 aliphatic rings. The number of methoxy groups -OCH3 is 4. The molecule has 8 rings (SSSR count). The Bertz CT molecular complexity index is 2300. The molecule has 0 heterocycles. The summed E-state index contributed by atoms with van der Waals surface area (Å²) in [5, 5.41) is 0. The molecule has 8 aromatic rings. The van der Waals surface area contributed by atoms with Gasteiger partial charge < -0.3 is 18.9 Å². The van der Waals surface area contributed by atoms with Crippen molar-refractivity contribution in [3.63, 3.8) is 0 Å². The summed E-state index contributed by atoms with van der Waals surface area (Å²) in [5.41, 5.74) is 21.0. The fraction of sp³-hybridized carbons (Fsp3) is 0.143. The summed E-state index contributed by atoms with van der Waals surface area (Å²) in [6.07, 6.45) is 0. The zero-order valence-corrected chi connectivity index (χ0v) is 34.8. The first-order chi connectivity index (χ1) is 29.6. The molecule has 0 aliphatic heterocycles. The predicted molar refractivity (Wildman–Crippen MR) is 247 cm³/mol. The van der Waals surface area contributed by atoms with Gasteiger partial charge in [-0.25, -0.2) is 0 Å². The number of benzene rings is 8. The van der Waals surface area contributed by atoms with Gasteiger partial charge in [-0.1, -0.05) is 182 Å². The Kier molecular flexibility index (Phi) is 12.9. The van der Waals surface area contributed by atoms with Gasteiger partial charge in [0.15, 0.2) is 0 Å². The van der Waals surface area contributed by atoms with E-state index in [0.717, 1.165) is 44.5 Å². The average Bonchev–Trinajstić information content (AvgIpc) is 3.30. The maximum absolute atomic E-state index is 5.40. The summed E-state index contributed by atoms with van der Waals surface area (Å²) >= 11 is 0. The van der Waals surface area contributed by atoms with Crippen molar-refractivity contribution in [3.8, 4) is 77.9 Å². The summed E-state index contributed by atoms with van der Waals surface area (Å²) in [5.74, 6) is 0. The van der Waals surface area contributed by atoms with Gasteiger partial charge in [0.25, 0.3) is 0 Å². The van der Waals surface area contributed by atoms with Gasteiger partial charge in [-0.05, 0) is 100 Å². The maximum atomic E-state index is 5.40. The van der Waals surface area contributed by atoms with E-state index in [0.29, 0.717) is 26.4 Å². The van der Waals surface area contributed by atoms with E-state index in [1.54, 1.807) is 28.4 Å². The third kappa shape index (κ3) is 8.93. The molecule has 0 bridgehead atoms. The van der Waals surface area contributed by atoms with Gasteiger partial charge in [-0.3, -0.25) is 0 Å². The van der Waals surface area contributed by atoms with Crippen molar-refractivity contribution in [3.05, 3.63) is 204 Å². The van der Waals surface area contributed by atoms with Crippen LogP contribution in [0.1, 0.15) is 22.3 Å². The van der Waals surface area contributed by atoms with Crippen LogP contribution in [0.5, 0.6) is 0 Å². The minimum Gasteiger partial charge on any atom is -0.380 e. The SMILES string of the molecule is COCc1ccc(-c2cccc(-c3ccc(COC)cc3)c2-c2ccc(-c3ccc(-c4c(-c5ccc(COC)cc5)cccc4-c4ccc(COC)cc4)cc3)cc2)cc1. The molecular formula is C56H50O4. The topological polar surface area (TPSA) is 36.9 Å². The lowest BCUT2D eigenvalue weighted by Gasteiger charge is -2.18. The van der Waals surface area contributed by atoms with E-state index in [4.69, 9.17) is 18.9 Å². The monoisotopic (exact) mass is 786 g/mol. The molecular weight excluding hydrogens is 737 g/mol. The fourth-order valence-corrected chi connectivity index (χ4v) is 8.14. The van der Waals surface area contributed by atoms with E-state index in [1.165, 1.54) is 55.6 Å². The molecule has 4 nitrogen and oxygen atoms in total. The van der Waals surface area contributed by atoms with Crippen molar-refractivity contribution in [2.24, 2.45) is 0 Å². The normalized spacial score (nSPS) is 11.2. The Morgan fingerprint density at radius 3 is 0.650 bits per heavy atom. The summed E-state index contributed by atoms with van der Waals surface area (Å²) in [4.78, 5) is 0. The second-order valence-corrected chi connectivity index (χ2v) is 15.1. The first kappa shape index (κ1) is 40.4. The van der Waals surface area contributed by atoms with Crippen LogP contribution in [0.2, 0.25) is 0 Å². The Morgan fingerprint density at radius 2 is 0.433 bits per heavy atom. The van der Waals surface area contributed by atoms with E-state index in [-0.39, 0.29) is 0 Å². The number of hydrogen-bond acceptors (Lipinski definition) is 4. The van der Waals surface area contributed by atoms with Crippen molar-refractivity contribution in [2.45, 2.75) is 26.4 Å². The molecule has 0 aliphatic carbocycles. The van der Waals surface area contributed by atoms with E-state index in [2.05, 4.69) is 182 Å². The smallest absolute Gasteiger partial charge is 0.0713 e. The molecule has 0 aromatic heterocycles. The van der Waals surface area contributed by atoms with Gasteiger partial charge in [0, 0.05) is 28.4 Å². The van der Waals surface area contributed by atoms with E-state index in [1.807, 2.05) is 0 Å². The first-order valence-corrected chi connectivity index (χ1v) is 20.4. The number of rotatable bonds is 15.